The molecular weight excluding hydrogens is 302 g/mol. The van der Waals surface area contributed by atoms with E-state index < -0.39 is 15.6 Å². The van der Waals surface area contributed by atoms with Crippen molar-refractivity contribution in [3.05, 3.63) is 17.0 Å². The number of thiophene rings is 1. The molecule has 0 spiro atoms. The first-order valence-corrected chi connectivity index (χ1v) is 9.37. The lowest BCUT2D eigenvalue weighted by Gasteiger charge is -2.38. The van der Waals surface area contributed by atoms with Crippen molar-refractivity contribution in [3.8, 4) is 0 Å². The first-order chi connectivity index (χ1) is 8.87. The zero-order valence-electron chi connectivity index (χ0n) is 11.3. The Hall–Kier alpha value is -0.100. The Morgan fingerprint density at radius 2 is 2.26 bits per heavy atom. The third kappa shape index (κ3) is 3.51. The van der Waals surface area contributed by atoms with Crippen molar-refractivity contribution in [1.82, 2.24) is 4.72 Å². The minimum absolute atomic E-state index is 0.334. The normalized spacial score (nSPS) is 28.5. The molecule has 1 aromatic heterocycles. The van der Waals surface area contributed by atoms with Crippen LogP contribution in [0.25, 0.3) is 0 Å². The monoisotopic (exact) mass is 321 g/mol. The fraction of sp³-hybridized carbons (Fsp3) is 0.692. The van der Waals surface area contributed by atoms with Gasteiger partial charge in [-0.1, -0.05) is 19.8 Å². The van der Waals surface area contributed by atoms with E-state index in [4.69, 9.17) is 11.6 Å². The van der Waals surface area contributed by atoms with E-state index in [1.165, 1.54) is 11.3 Å². The van der Waals surface area contributed by atoms with Gasteiger partial charge in [0.25, 0.3) is 10.0 Å². The molecule has 2 unspecified atom stereocenters. The van der Waals surface area contributed by atoms with Gasteiger partial charge in [0.2, 0.25) is 0 Å². The average molecular weight is 322 g/mol. The quantitative estimate of drug-likeness (QED) is 0.862. The molecule has 1 aliphatic carbocycles. The van der Waals surface area contributed by atoms with Crippen molar-refractivity contribution in [2.75, 3.05) is 5.88 Å². The SMILES string of the molecule is Cc1ccc(S(=O)(=O)NC2(CCl)CCCC(C)C2)s1. The summed E-state index contributed by atoms with van der Waals surface area (Å²) >= 11 is 7.38. The summed E-state index contributed by atoms with van der Waals surface area (Å²) in [5.74, 6) is 0.848. The van der Waals surface area contributed by atoms with Gasteiger partial charge in [-0.05, 0) is 37.8 Å². The number of alkyl halides is 1. The summed E-state index contributed by atoms with van der Waals surface area (Å²) in [6, 6.07) is 3.49. The van der Waals surface area contributed by atoms with Crippen LogP contribution in [0.15, 0.2) is 16.3 Å². The number of hydrogen-bond acceptors (Lipinski definition) is 3. The van der Waals surface area contributed by atoms with Gasteiger partial charge in [-0.25, -0.2) is 13.1 Å². The Morgan fingerprint density at radius 3 is 2.79 bits per heavy atom. The highest BCUT2D eigenvalue weighted by molar-refractivity contribution is 7.91. The van der Waals surface area contributed by atoms with E-state index in [0.717, 1.165) is 30.6 Å². The summed E-state index contributed by atoms with van der Waals surface area (Å²) in [5.41, 5.74) is -0.476. The Labute approximate surface area is 124 Å². The maximum atomic E-state index is 12.4. The van der Waals surface area contributed by atoms with Crippen molar-refractivity contribution in [2.45, 2.75) is 49.3 Å². The summed E-state index contributed by atoms with van der Waals surface area (Å²) in [6.07, 6.45) is 3.82. The van der Waals surface area contributed by atoms with E-state index >= 15 is 0 Å². The van der Waals surface area contributed by atoms with E-state index in [1.807, 2.05) is 13.0 Å². The van der Waals surface area contributed by atoms with Gasteiger partial charge in [0.1, 0.15) is 4.21 Å². The molecule has 1 heterocycles. The molecule has 19 heavy (non-hydrogen) atoms. The van der Waals surface area contributed by atoms with Crippen LogP contribution >= 0.6 is 22.9 Å². The van der Waals surface area contributed by atoms with Gasteiger partial charge in [0, 0.05) is 16.3 Å². The van der Waals surface area contributed by atoms with Crippen LogP contribution in [0.5, 0.6) is 0 Å². The first kappa shape index (κ1) is 15.3. The van der Waals surface area contributed by atoms with Crippen LogP contribution in [-0.2, 0) is 10.0 Å². The second-order valence-corrected chi connectivity index (χ2v) is 9.05. The topological polar surface area (TPSA) is 46.2 Å². The highest BCUT2D eigenvalue weighted by Gasteiger charge is 2.38. The summed E-state index contributed by atoms with van der Waals surface area (Å²) in [7, 11) is -3.45. The molecule has 6 heteroatoms. The van der Waals surface area contributed by atoms with Crippen LogP contribution in [0, 0.1) is 12.8 Å². The molecule has 1 aliphatic rings. The predicted molar refractivity (Wildman–Crippen MR) is 80.5 cm³/mol. The van der Waals surface area contributed by atoms with Crippen LogP contribution < -0.4 is 4.72 Å². The fourth-order valence-electron chi connectivity index (χ4n) is 2.79. The molecule has 1 saturated carbocycles. The summed E-state index contributed by atoms with van der Waals surface area (Å²) < 4.78 is 28.1. The van der Waals surface area contributed by atoms with E-state index in [0.29, 0.717) is 16.0 Å². The molecule has 0 radical (unpaired) electrons. The molecule has 3 nitrogen and oxygen atoms in total. The molecule has 1 aromatic rings. The first-order valence-electron chi connectivity index (χ1n) is 6.53. The van der Waals surface area contributed by atoms with Crippen molar-refractivity contribution in [1.29, 1.82) is 0 Å². The molecule has 0 aromatic carbocycles. The van der Waals surface area contributed by atoms with E-state index in [1.54, 1.807) is 6.07 Å². The van der Waals surface area contributed by atoms with Gasteiger partial charge >= 0.3 is 0 Å². The second-order valence-electron chi connectivity index (χ2n) is 5.59. The molecule has 0 amide bonds. The van der Waals surface area contributed by atoms with Crippen LogP contribution in [0.2, 0.25) is 0 Å². The predicted octanol–water partition coefficient (Wildman–Crippen LogP) is 3.52. The minimum atomic E-state index is -3.45. The smallest absolute Gasteiger partial charge is 0.206 e. The molecule has 108 valence electrons. The lowest BCUT2D eigenvalue weighted by atomic mass is 9.78. The minimum Gasteiger partial charge on any atom is -0.206 e. The lowest BCUT2D eigenvalue weighted by Crippen LogP contribution is -2.52. The molecule has 2 atom stereocenters. The number of rotatable bonds is 4. The highest BCUT2D eigenvalue weighted by Crippen LogP contribution is 2.35. The number of aryl methyl sites for hydroxylation is 1. The van der Waals surface area contributed by atoms with E-state index in [9.17, 15) is 8.42 Å². The molecule has 0 bridgehead atoms. The number of halogens is 1. The van der Waals surface area contributed by atoms with Gasteiger partial charge in [-0.15, -0.1) is 22.9 Å². The van der Waals surface area contributed by atoms with E-state index in [2.05, 4.69) is 11.6 Å². The van der Waals surface area contributed by atoms with Crippen molar-refractivity contribution >= 4 is 33.0 Å². The van der Waals surface area contributed by atoms with Gasteiger partial charge in [-0.3, -0.25) is 0 Å². The maximum Gasteiger partial charge on any atom is 0.250 e. The average Bonchev–Trinajstić information content (AvgIpc) is 2.76. The largest absolute Gasteiger partial charge is 0.250 e. The molecule has 0 saturated heterocycles. The Bertz CT molecular complexity index is 541. The van der Waals surface area contributed by atoms with Crippen LogP contribution in [0.1, 0.15) is 37.5 Å². The van der Waals surface area contributed by atoms with Crippen LogP contribution in [0.3, 0.4) is 0 Å². The van der Waals surface area contributed by atoms with Crippen LogP contribution in [0.4, 0.5) is 0 Å². The zero-order valence-corrected chi connectivity index (χ0v) is 13.7. The second kappa shape index (κ2) is 5.72. The van der Waals surface area contributed by atoms with Gasteiger partial charge in [0.05, 0.1) is 0 Å². The fourth-order valence-corrected chi connectivity index (χ4v) is 5.91. The van der Waals surface area contributed by atoms with Crippen molar-refractivity contribution in [2.24, 2.45) is 5.92 Å². The standard InChI is InChI=1S/C13H20ClNO2S2/c1-10-4-3-7-13(8-10,9-14)15-19(16,17)12-6-5-11(2)18-12/h5-6,10,15H,3-4,7-9H2,1-2H3. The Kier molecular flexibility index (Phi) is 4.60. The molecule has 0 aliphatic heterocycles. The van der Waals surface area contributed by atoms with Gasteiger partial charge < -0.3 is 0 Å². The number of hydrogen-bond donors (Lipinski definition) is 1. The third-order valence-electron chi connectivity index (χ3n) is 3.68. The number of nitrogens with one attached hydrogen (secondary N) is 1. The summed E-state index contributed by atoms with van der Waals surface area (Å²) in [4.78, 5) is 0.998. The van der Waals surface area contributed by atoms with Gasteiger partial charge in [-0.2, -0.15) is 0 Å². The number of sulfonamides is 1. The maximum absolute atomic E-state index is 12.4. The van der Waals surface area contributed by atoms with E-state index in [-0.39, 0.29) is 0 Å². The summed E-state index contributed by atoms with van der Waals surface area (Å²) in [5, 5.41) is 0. The van der Waals surface area contributed by atoms with Gasteiger partial charge in [0.15, 0.2) is 0 Å². The molecule has 1 fully saturated rings. The third-order valence-corrected chi connectivity index (χ3v) is 7.26. The summed E-state index contributed by atoms with van der Waals surface area (Å²) in [6.45, 7) is 4.06. The zero-order chi connectivity index (χ0) is 14.1. The molecule has 2 rings (SSSR count). The Balaban J connectivity index is 2.22. The highest BCUT2D eigenvalue weighted by atomic mass is 35.5. The molecular formula is C13H20ClNO2S2. The van der Waals surface area contributed by atoms with Crippen LogP contribution in [-0.4, -0.2) is 19.8 Å². The lowest BCUT2D eigenvalue weighted by molar-refractivity contribution is 0.239. The Morgan fingerprint density at radius 1 is 1.53 bits per heavy atom. The van der Waals surface area contributed by atoms with Crippen molar-refractivity contribution in [3.63, 3.8) is 0 Å². The molecule has 1 N–H and O–H groups in total. The van der Waals surface area contributed by atoms with Crippen molar-refractivity contribution < 1.29 is 8.42 Å².